The molecule has 3 heterocycles. The highest BCUT2D eigenvalue weighted by Gasteiger charge is 2.24. The van der Waals surface area contributed by atoms with Crippen molar-refractivity contribution in [3.63, 3.8) is 0 Å². The minimum Gasteiger partial charge on any atom is -0.357 e. The lowest BCUT2D eigenvalue weighted by Gasteiger charge is -2.27. The quantitative estimate of drug-likeness (QED) is 0.357. The maximum atomic E-state index is 4.74. The summed E-state index contributed by atoms with van der Waals surface area (Å²) in [7, 11) is 2.04. The van der Waals surface area contributed by atoms with Crippen LogP contribution in [0, 0.1) is 0 Å². The number of aromatic nitrogens is 1. The number of likely N-dealkylation sites (tertiary alicyclic amines) is 1. The third-order valence-electron chi connectivity index (χ3n) is 4.57. The van der Waals surface area contributed by atoms with Crippen molar-refractivity contribution in [2.75, 3.05) is 26.2 Å². The SMILES string of the molecule is CCNC(=NCc1ccn(C)c1)NCC(c1cccs1)N1CCCC1.I. The highest BCUT2D eigenvalue weighted by molar-refractivity contribution is 14.0. The molecule has 144 valence electrons. The van der Waals surface area contributed by atoms with Crippen molar-refractivity contribution in [1.29, 1.82) is 0 Å². The van der Waals surface area contributed by atoms with E-state index in [9.17, 15) is 0 Å². The molecule has 0 amide bonds. The van der Waals surface area contributed by atoms with E-state index in [1.807, 2.05) is 18.4 Å². The van der Waals surface area contributed by atoms with Crippen molar-refractivity contribution in [2.45, 2.75) is 32.4 Å². The molecule has 0 aromatic carbocycles. The minimum atomic E-state index is 0. The number of halogens is 1. The van der Waals surface area contributed by atoms with Crippen LogP contribution < -0.4 is 10.6 Å². The largest absolute Gasteiger partial charge is 0.357 e. The molecule has 1 aliphatic heterocycles. The average Bonchev–Trinajstić information content (AvgIpc) is 3.36. The zero-order valence-corrected chi connectivity index (χ0v) is 18.8. The summed E-state index contributed by atoms with van der Waals surface area (Å²) in [6.07, 6.45) is 6.80. The van der Waals surface area contributed by atoms with Gasteiger partial charge in [-0.05, 0) is 55.9 Å². The standard InChI is InChI=1S/C19H29N5S.HI/c1-3-20-19(21-13-16-8-11-23(2)15-16)22-14-17(18-7-6-12-25-18)24-9-4-5-10-24;/h6-8,11-12,15,17H,3-5,9-10,13-14H2,1-2H3,(H2,20,21,22);1H. The highest BCUT2D eigenvalue weighted by atomic mass is 127. The second-order valence-corrected chi connectivity index (χ2v) is 7.51. The number of aliphatic imine (C=N–C) groups is 1. The molecule has 1 atom stereocenters. The molecule has 2 aromatic heterocycles. The Bertz CT molecular complexity index is 661. The minimum absolute atomic E-state index is 0. The van der Waals surface area contributed by atoms with Crippen LogP contribution in [-0.2, 0) is 13.6 Å². The summed E-state index contributed by atoms with van der Waals surface area (Å²) in [6.45, 7) is 6.96. The number of guanidine groups is 1. The zero-order valence-electron chi connectivity index (χ0n) is 15.6. The van der Waals surface area contributed by atoms with Gasteiger partial charge in [0.05, 0.1) is 12.6 Å². The van der Waals surface area contributed by atoms with E-state index in [4.69, 9.17) is 4.99 Å². The molecule has 2 N–H and O–H groups in total. The summed E-state index contributed by atoms with van der Waals surface area (Å²) in [6, 6.07) is 6.95. The Labute approximate surface area is 177 Å². The average molecular weight is 487 g/mol. The summed E-state index contributed by atoms with van der Waals surface area (Å²) in [4.78, 5) is 8.78. The van der Waals surface area contributed by atoms with Gasteiger partial charge in [-0.25, -0.2) is 4.99 Å². The zero-order chi connectivity index (χ0) is 17.5. The Balaban J connectivity index is 0.00000243. The topological polar surface area (TPSA) is 44.6 Å². The fourth-order valence-electron chi connectivity index (χ4n) is 3.30. The number of rotatable bonds is 7. The number of hydrogen-bond donors (Lipinski definition) is 2. The Kier molecular flexibility index (Phi) is 8.94. The molecule has 1 aliphatic rings. The van der Waals surface area contributed by atoms with E-state index in [1.165, 1.54) is 36.4 Å². The van der Waals surface area contributed by atoms with Gasteiger partial charge in [-0.2, -0.15) is 0 Å². The van der Waals surface area contributed by atoms with E-state index in [0.717, 1.165) is 19.0 Å². The van der Waals surface area contributed by atoms with Crippen molar-refractivity contribution in [2.24, 2.45) is 12.0 Å². The molecule has 1 fully saturated rings. The van der Waals surface area contributed by atoms with E-state index in [2.05, 4.69) is 63.0 Å². The van der Waals surface area contributed by atoms with Gasteiger partial charge < -0.3 is 15.2 Å². The Morgan fingerprint density at radius 3 is 2.69 bits per heavy atom. The number of nitrogens with zero attached hydrogens (tertiary/aromatic N) is 3. The second-order valence-electron chi connectivity index (χ2n) is 6.54. The fourth-order valence-corrected chi connectivity index (χ4v) is 4.16. The number of hydrogen-bond acceptors (Lipinski definition) is 3. The van der Waals surface area contributed by atoms with E-state index in [-0.39, 0.29) is 24.0 Å². The van der Waals surface area contributed by atoms with Gasteiger partial charge in [-0.15, -0.1) is 35.3 Å². The van der Waals surface area contributed by atoms with Gasteiger partial charge in [0.15, 0.2) is 5.96 Å². The molecule has 5 nitrogen and oxygen atoms in total. The maximum absolute atomic E-state index is 4.74. The molecular formula is C19H30IN5S. The van der Waals surface area contributed by atoms with Crippen LogP contribution in [0.4, 0.5) is 0 Å². The van der Waals surface area contributed by atoms with Crippen molar-refractivity contribution < 1.29 is 0 Å². The van der Waals surface area contributed by atoms with Gasteiger partial charge in [0.1, 0.15) is 0 Å². The Morgan fingerprint density at radius 2 is 2.08 bits per heavy atom. The summed E-state index contributed by atoms with van der Waals surface area (Å²) in [5, 5.41) is 9.10. The third kappa shape index (κ3) is 5.99. The second kappa shape index (κ2) is 10.9. The number of nitrogens with one attached hydrogen (secondary N) is 2. The van der Waals surface area contributed by atoms with E-state index < -0.39 is 0 Å². The summed E-state index contributed by atoms with van der Waals surface area (Å²) in [5.74, 6) is 0.895. The van der Waals surface area contributed by atoms with Crippen LogP contribution in [0.15, 0.2) is 41.0 Å². The normalized spacial score (nSPS) is 16.3. The van der Waals surface area contributed by atoms with Gasteiger partial charge >= 0.3 is 0 Å². The predicted octanol–water partition coefficient (Wildman–Crippen LogP) is 3.60. The van der Waals surface area contributed by atoms with Gasteiger partial charge in [0.2, 0.25) is 0 Å². The lowest BCUT2D eigenvalue weighted by Crippen LogP contribution is -2.42. The first-order chi connectivity index (χ1) is 12.3. The molecule has 0 aliphatic carbocycles. The van der Waals surface area contributed by atoms with Gasteiger partial charge in [0, 0.05) is 37.4 Å². The molecule has 1 saturated heterocycles. The first kappa shape index (κ1) is 21.2. The van der Waals surface area contributed by atoms with Crippen LogP contribution in [0.3, 0.4) is 0 Å². The van der Waals surface area contributed by atoms with E-state index in [0.29, 0.717) is 12.6 Å². The van der Waals surface area contributed by atoms with Crippen LogP contribution in [0.1, 0.15) is 36.2 Å². The molecule has 2 aromatic rings. The number of thiophene rings is 1. The van der Waals surface area contributed by atoms with Crippen molar-refractivity contribution in [3.8, 4) is 0 Å². The summed E-state index contributed by atoms with van der Waals surface area (Å²) in [5.41, 5.74) is 1.23. The molecule has 0 spiro atoms. The van der Waals surface area contributed by atoms with E-state index >= 15 is 0 Å². The monoisotopic (exact) mass is 487 g/mol. The molecule has 0 bridgehead atoms. The van der Waals surface area contributed by atoms with E-state index in [1.54, 1.807) is 0 Å². The van der Waals surface area contributed by atoms with Crippen LogP contribution in [0.2, 0.25) is 0 Å². The first-order valence-electron chi connectivity index (χ1n) is 9.16. The third-order valence-corrected chi connectivity index (χ3v) is 5.55. The summed E-state index contributed by atoms with van der Waals surface area (Å²) < 4.78 is 2.06. The molecular weight excluding hydrogens is 457 g/mol. The Morgan fingerprint density at radius 1 is 1.27 bits per heavy atom. The molecule has 26 heavy (non-hydrogen) atoms. The van der Waals surface area contributed by atoms with Gasteiger partial charge in [-0.1, -0.05) is 6.07 Å². The lowest BCUT2D eigenvalue weighted by molar-refractivity contribution is 0.249. The molecule has 3 rings (SSSR count). The lowest BCUT2D eigenvalue weighted by atomic mass is 10.2. The van der Waals surface area contributed by atoms with Crippen LogP contribution in [0.5, 0.6) is 0 Å². The smallest absolute Gasteiger partial charge is 0.191 e. The first-order valence-corrected chi connectivity index (χ1v) is 10.0. The molecule has 1 unspecified atom stereocenters. The van der Waals surface area contributed by atoms with Crippen LogP contribution in [-0.4, -0.2) is 41.6 Å². The predicted molar refractivity (Wildman–Crippen MR) is 122 cm³/mol. The summed E-state index contributed by atoms with van der Waals surface area (Å²) >= 11 is 1.85. The highest BCUT2D eigenvalue weighted by Crippen LogP contribution is 2.27. The Hall–Kier alpha value is -1.06. The van der Waals surface area contributed by atoms with Crippen LogP contribution >= 0.6 is 35.3 Å². The van der Waals surface area contributed by atoms with Crippen molar-refractivity contribution in [3.05, 3.63) is 46.4 Å². The van der Waals surface area contributed by atoms with Gasteiger partial charge in [0.25, 0.3) is 0 Å². The van der Waals surface area contributed by atoms with Gasteiger partial charge in [-0.3, -0.25) is 4.90 Å². The van der Waals surface area contributed by atoms with Crippen molar-refractivity contribution >= 4 is 41.3 Å². The molecule has 7 heteroatoms. The van der Waals surface area contributed by atoms with Crippen LogP contribution in [0.25, 0.3) is 0 Å². The number of aryl methyl sites for hydroxylation is 1. The fraction of sp³-hybridized carbons (Fsp3) is 0.526. The molecule has 0 saturated carbocycles. The maximum Gasteiger partial charge on any atom is 0.191 e. The van der Waals surface area contributed by atoms with Crippen molar-refractivity contribution in [1.82, 2.24) is 20.1 Å². The molecule has 0 radical (unpaired) electrons.